The van der Waals surface area contributed by atoms with Gasteiger partial charge in [0.25, 0.3) is 0 Å². The van der Waals surface area contributed by atoms with Crippen molar-refractivity contribution in [3.8, 4) is 11.9 Å². The molecule has 1 aromatic heterocycles. The summed E-state index contributed by atoms with van der Waals surface area (Å²) in [4.78, 5) is 7.97. The van der Waals surface area contributed by atoms with Crippen molar-refractivity contribution in [2.24, 2.45) is 5.73 Å². The predicted molar refractivity (Wildman–Crippen MR) is 47.9 cm³/mol. The van der Waals surface area contributed by atoms with E-state index < -0.39 is 0 Å². The lowest BCUT2D eigenvalue weighted by molar-refractivity contribution is 0.349. The van der Waals surface area contributed by atoms with Crippen LogP contribution in [0.4, 0.5) is 0 Å². The summed E-state index contributed by atoms with van der Waals surface area (Å²) in [5, 5.41) is 0. The monoisotopic (exact) mass is 183 g/mol. The Bertz CT molecular complexity index is 278. The van der Waals surface area contributed by atoms with E-state index in [2.05, 4.69) is 9.97 Å². The zero-order valence-corrected chi connectivity index (χ0v) is 7.78. The third-order valence-corrected chi connectivity index (χ3v) is 1.59. The molecule has 2 N–H and O–H groups in total. The summed E-state index contributed by atoms with van der Waals surface area (Å²) in [6.07, 6.45) is 2.37. The molecule has 0 fully saturated rings. The van der Waals surface area contributed by atoms with E-state index in [0.717, 1.165) is 5.56 Å². The number of hydrogen-bond acceptors (Lipinski definition) is 5. The van der Waals surface area contributed by atoms with E-state index in [1.807, 2.05) is 0 Å². The first-order valence-corrected chi connectivity index (χ1v) is 3.95. The molecule has 5 heteroatoms. The highest BCUT2D eigenvalue weighted by Gasteiger charge is 2.06. The Morgan fingerprint density at radius 1 is 1.38 bits per heavy atom. The van der Waals surface area contributed by atoms with Gasteiger partial charge in [-0.05, 0) is 13.0 Å². The number of rotatable bonds is 4. The van der Waals surface area contributed by atoms with E-state index in [-0.39, 0.29) is 0 Å². The molecule has 0 bridgehead atoms. The number of nitrogens with two attached hydrogens (primary N) is 1. The van der Waals surface area contributed by atoms with Gasteiger partial charge in [-0.25, -0.2) is 4.98 Å². The van der Waals surface area contributed by atoms with Crippen molar-refractivity contribution in [1.29, 1.82) is 0 Å². The van der Waals surface area contributed by atoms with Gasteiger partial charge in [-0.1, -0.05) is 0 Å². The number of hydrogen-bond donors (Lipinski definition) is 1. The first-order chi connectivity index (χ1) is 6.31. The molecule has 0 saturated carbocycles. The summed E-state index contributed by atoms with van der Waals surface area (Å²) >= 11 is 0. The maximum Gasteiger partial charge on any atom is 0.319 e. The molecule has 0 radical (unpaired) electrons. The van der Waals surface area contributed by atoms with E-state index in [0.29, 0.717) is 24.9 Å². The van der Waals surface area contributed by atoms with Crippen molar-refractivity contribution in [3.63, 3.8) is 0 Å². The molecule has 13 heavy (non-hydrogen) atoms. The van der Waals surface area contributed by atoms with Gasteiger partial charge in [-0.2, -0.15) is 4.98 Å². The predicted octanol–water partition coefficient (Wildman–Crippen LogP) is -0.00500. The minimum Gasteiger partial charge on any atom is -0.481 e. The Morgan fingerprint density at radius 3 is 2.69 bits per heavy atom. The summed E-state index contributed by atoms with van der Waals surface area (Å²) in [5.41, 5.74) is 6.31. The number of nitrogens with zero attached hydrogens (tertiary/aromatic N) is 2. The molecule has 0 saturated heterocycles. The van der Waals surface area contributed by atoms with Crippen molar-refractivity contribution in [3.05, 3.63) is 11.8 Å². The Kier molecular flexibility index (Phi) is 3.45. The zero-order chi connectivity index (χ0) is 9.68. The smallest absolute Gasteiger partial charge is 0.319 e. The van der Waals surface area contributed by atoms with Gasteiger partial charge in [0.1, 0.15) is 0 Å². The minimum absolute atomic E-state index is 0.303. The van der Waals surface area contributed by atoms with E-state index in [1.165, 1.54) is 7.11 Å². The van der Waals surface area contributed by atoms with Gasteiger partial charge in [0.2, 0.25) is 5.88 Å². The van der Waals surface area contributed by atoms with E-state index in [4.69, 9.17) is 15.2 Å². The average molecular weight is 183 g/mol. The molecule has 0 aromatic carbocycles. The van der Waals surface area contributed by atoms with Gasteiger partial charge in [0, 0.05) is 11.8 Å². The minimum atomic E-state index is 0.303. The van der Waals surface area contributed by atoms with Crippen molar-refractivity contribution in [2.75, 3.05) is 20.8 Å². The van der Waals surface area contributed by atoms with Crippen LogP contribution < -0.4 is 15.2 Å². The third-order valence-electron chi connectivity index (χ3n) is 1.59. The van der Waals surface area contributed by atoms with Crippen LogP contribution in [-0.4, -0.2) is 30.7 Å². The van der Waals surface area contributed by atoms with E-state index >= 15 is 0 Å². The zero-order valence-electron chi connectivity index (χ0n) is 7.78. The van der Waals surface area contributed by atoms with Gasteiger partial charge >= 0.3 is 6.01 Å². The van der Waals surface area contributed by atoms with Gasteiger partial charge in [0.15, 0.2) is 0 Å². The molecule has 1 aromatic rings. The summed E-state index contributed by atoms with van der Waals surface area (Å²) in [6, 6.07) is 0.303. The molecule has 72 valence electrons. The highest BCUT2D eigenvalue weighted by Crippen LogP contribution is 2.16. The van der Waals surface area contributed by atoms with Crippen LogP contribution in [0.15, 0.2) is 6.20 Å². The molecule has 0 aliphatic heterocycles. The molecular formula is C8H13N3O2. The number of methoxy groups -OCH3 is 2. The van der Waals surface area contributed by atoms with Crippen LogP contribution in [0, 0.1) is 0 Å². The largest absolute Gasteiger partial charge is 0.481 e. The maximum atomic E-state index is 5.41. The summed E-state index contributed by atoms with van der Waals surface area (Å²) in [6.45, 7) is 0.548. The highest BCUT2D eigenvalue weighted by molar-refractivity contribution is 5.25. The SMILES string of the molecule is COc1ncc(CCN)c(OC)n1. The first-order valence-electron chi connectivity index (χ1n) is 3.95. The van der Waals surface area contributed by atoms with Crippen LogP contribution in [0.5, 0.6) is 11.9 Å². The molecule has 1 rings (SSSR count). The summed E-state index contributed by atoms with van der Waals surface area (Å²) in [5.74, 6) is 0.525. The second-order valence-corrected chi connectivity index (χ2v) is 2.43. The summed E-state index contributed by atoms with van der Waals surface area (Å²) in [7, 11) is 3.07. The molecule has 5 nitrogen and oxygen atoms in total. The van der Waals surface area contributed by atoms with Crippen LogP contribution in [0.2, 0.25) is 0 Å². The van der Waals surface area contributed by atoms with Crippen LogP contribution in [-0.2, 0) is 6.42 Å². The average Bonchev–Trinajstić information content (AvgIpc) is 2.19. The van der Waals surface area contributed by atoms with E-state index in [1.54, 1.807) is 13.3 Å². The fourth-order valence-corrected chi connectivity index (χ4v) is 0.978. The molecule has 0 amide bonds. The van der Waals surface area contributed by atoms with Crippen molar-refractivity contribution in [2.45, 2.75) is 6.42 Å². The van der Waals surface area contributed by atoms with Crippen molar-refractivity contribution in [1.82, 2.24) is 9.97 Å². The number of aromatic nitrogens is 2. The number of ether oxygens (including phenoxy) is 2. The molecular weight excluding hydrogens is 170 g/mol. The highest BCUT2D eigenvalue weighted by atomic mass is 16.5. The second kappa shape index (κ2) is 4.61. The van der Waals surface area contributed by atoms with Crippen LogP contribution in [0.1, 0.15) is 5.56 Å². The third kappa shape index (κ3) is 2.29. The lowest BCUT2D eigenvalue weighted by atomic mass is 10.2. The standard InChI is InChI=1S/C8H13N3O2/c1-12-7-6(3-4-9)5-10-8(11-7)13-2/h5H,3-4,9H2,1-2H3. The lowest BCUT2D eigenvalue weighted by Gasteiger charge is -2.06. The Labute approximate surface area is 76.9 Å². The Balaban J connectivity index is 2.93. The Morgan fingerprint density at radius 2 is 2.15 bits per heavy atom. The van der Waals surface area contributed by atoms with Gasteiger partial charge in [-0.3, -0.25) is 0 Å². The molecule has 0 unspecified atom stereocenters. The maximum absolute atomic E-state index is 5.41. The molecule has 0 aliphatic rings. The topological polar surface area (TPSA) is 70.3 Å². The second-order valence-electron chi connectivity index (χ2n) is 2.43. The van der Waals surface area contributed by atoms with Crippen LogP contribution in [0.25, 0.3) is 0 Å². The molecule has 0 atom stereocenters. The van der Waals surface area contributed by atoms with Crippen molar-refractivity contribution >= 4 is 0 Å². The lowest BCUT2D eigenvalue weighted by Crippen LogP contribution is -2.06. The van der Waals surface area contributed by atoms with Gasteiger partial charge in [-0.15, -0.1) is 0 Å². The van der Waals surface area contributed by atoms with Crippen LogP contribution >= 0.6 is 0 Å². The molecule has 0 aliphatic carbocycles. The van der Waals surface area contributed by atoms with Gasteiger partial charge < -0.3 is 15.2 Å². The van der Waals surface area contributed by atoms with Crippen LogP contribution in [0.3, 0.4) is 0 Å². The first kappa shape index (κ1) is 9.73. The Hall–Kier alpha value is -1.36. The fraction of sp³-hybridized carbons (Fsp3) is 0.500. The molecule has 0 spiro atoms. The summed E-state index contributed by atoms with van der Waals surface area (Å²) < 4.78 is 9.91. The fourth-order valence-electron chi connectivity index (χ4n) is 0.978. The van der Waals surface area contributed by atoms with Crippen molar-refractivity contribution < 1.29 is 9.47 Å². The molecule has 1 heterocycles. The van der Waals surface area contributed by atoms with Gasteiger partial charge in [0.05, 0.1) is 14.2 Å². The quantitative estimate of drug-likeness (QED) is 0.711. The van der Waals surface area contributed by atoms with E-state index in [9.17, 15) is 0 Å². The normalized spacial score (nSPS) is 9.77.